The summed E-state index contributed by atoms with van der Waals surface area (Å²) in [5.74, 6) is 1.17. The van der Waals surface area contributed by atoms with Crippen LogP contribution in [-0.2, 0) is 17.8 Å². The lowest BCUT2D eigenvalue weighted by Gasteiger charge is -2.10. The van der Waals surface area contributed by atoms with Gasteiger partial charge in [0.05, 0.1) is 19.9 Å². The van der Waals surface area contributed by atoms with Gasteiger partial charge in [0.1, 0.15) is 11.6 Å². The Morgan fingerprint density at radius 3 is 2.60 bits per heavy atom. The van der Waals surface area contributed by atoms with E-state index in [1.165, 1.54) is 17.4 Å². The zero-order valence-corrected chi connectivity index (χ0v) is 18.0. The molecule has 10 heteroatoms. The minimum Gasteiger partial charge on any atom is -0.493 e. The molecule has 0 unspecified atom stereocenters. The molecule has 0 aliphatic rings. The van der Waals surface area contributed by atoms with Crippen molar-refractivity contribution in [2.75, 3.05) is 19.5 Å². The van der Waals surface area contributed by atoms with Gasteiger partial charge in [0.2, 0.25) is 11.0 Å². The SMILES string of the molecule is COc1ccc(-c2ccc(=O)n(CC(=O)Nc3nnc(CC(C)C)s3)n2)cc1OC. The Kier molecular flexibility index (Phi) is 6.78. The van der Waals surface area contributed by atoms with E-state index in [2.05, 4.69) is 34.5 Å². The van der Waals surface area contributed by atoms with Gasteiger partial charge in [0.25, 0.3) is 5.56 Å². The van der Waals surface area contributed by atoms with E-state index in [-0.39, 0.29) is 12.1 Å². The molecule has 0 spiro atoms. The lowest BCUT2D eigenvalue weighted by Crippen LogP contribution is -2.29. The summed E-state index contributed by atoms with van der Waals surface area (Å²) >= 11 is 1.32. The Balaban J connectivity index is 1.76. The van der Waals surface area contributed by atoms with Crippen LogP contribution in [0.2, 0.25) is 0 Å². The van der Waals surface area contributed by atoms with Gasteiger partial charge in [0, 0.05) is 18.1 Å². The third-order valence-corrected chi connectivity index (χ3v) is 5.00. The number of hydrogen-bond donors (Lipinski definition) is 1. The van der Waals surface area contributed by atoms with Gasteiger partial charge < -0.3 is 9.47 Å². The van der Waals surface area contributed by atoms with Crippen molar-refractivity contribution < 1.29 is 14.3 Å². The average Bonchev–Trinajstić information content (AvgIpc) is 3.14. The second-order valence-corrected chi connectivity index (χ2v) is 7.99. The van der Waals surface area contributed by atoms with Gasteiger partial charge in [-0.15, -0.1) is 10.2 Å². The Labute approximate surface area is 177 Å². The molecule has 0 bridgehead atoms. The number of aromatic nitrogens is 4. The molecule has 158 valence electrons. The van der Waals surface area contributed by atoms with Crippen LogP contribution in [0.3, 0.4) is 0 Å². The van der Waals surface area contributed by atoms with Crippen molar-refractivity contribution >= 4 is 22.4 Å². The van der Waals surface area contributed by atoms with E-state index in [9.17, 15) is 9.59 Å². The molecule has 1 amide bonds. The van der Waals surface area contributed by atoms with Crippen molar-refractivity contribution in [1.82, 2.24) is 20.0 Å². The summed E-state index contributed by atoms with van der Waals surface area (Å²) in [6, 6.07) is 8.28. The van der Waals surface area contributed by atoms with E-state index in [4.69, 9.17) is 9.47 Å². The average molecular weight is 430 g/mol. The van der Waals surface area contributed by atoms with Gasteiger partial charge in [-0.05, 0) is 30.2 Å². The molecule has 9 nitrogen and oxygen atoms in total. The van der Waals surface area contributed by atoms with Crippen LogP contribution < -0.4 is 20.3 Å². The van der Waals surface area contributed by atoms with Crippen LogP contribution in [0.25, 0.3) is 11.3 Å². The van der Waals surface area contributed by atoms with Crippen LogP contribution in [0, 0.1) is 5.92 Å². The molecule has 0 saturated carbocycles. The van der Waals surface area contributed by atoms with Crippen LogP contribution in [0.5, 0.6) is 11.5 Å². The van der Waals surface area contributed by atoms with Crippen molar-refractivity contribution in [2.45, 2.75) is 26.8 Å². The molecule has 3 aromatic rings. The maximum Gasteiger partial charge on any atom is 0.267 e. The fourth-order valence-corrected chi connectivity index (χ4v) is 3.71. The number of benzene rings is 1. The highest BCUT2D eigenvalue weighted by Gasteiger charge is 2.13. The molecule has 0 atom stereocenters. The zero-order valence-electron chi connectivity index (χ0n) is 17.2. The molecule has 0 aliphatic carbocycles. The molecule has 0 fully saturated rings. The van der Waals surface area contributed by atoms with Crippen LogP contribution >= 0.6 is 11.3 Å². The molecular weight excluding hydrogens is 406 g/mol. The van der Waals surface area contributed by atoms with E-state index in [0.29, 0.717) is 28.2 Å². The summed E-state index contributed by atoms with van der Waals surface area (Å²) in [5, 5.41) is 16.3. The fraction of sp³-hybridized carbons (Fsp3) is 0.350. The number of hydrogen-bond acceptors (Lipinski definition) is 8. The monoisotopic (exact) mass is 429 g/mol. The number of amides is 1. The number of carbonyl (C=O) groups is 1. The van der Waals surface area contributed by atoms with Crippen LogP contribution in [-0.4, -0.2) is 40.1 Å². The van der Waals surface area contributed by atoms with Gasteiger partial charge in [-0.3, -0.25) is 14.9 Å². The van der Waals surface area contributed by atoms with E-state index in [0.717, 1.165) is 21.7 Å². The molecule has 0 aliphatic heterocycles. The first-order valence-corrected chi connectivity index (χ1v) is 10.1. The summed E-state index contributed by atoms with van der Waals surface area (Å²) in [7, 11) is 3.10. The largest absolute Gasteiger partial charge is 0.493 e. The van der Waals surface area contributed by atoms with Crippen LogP contribution in [0.15, 0.2) is 35.1 Å². The standard InChI is InChI=1S/C20H23N5O4S/c1-12(2)9-18-22-23-20(30-18)21-17(26)11-25-19(27)8-6-14(24-25)13-5-7-15(28-3)16(10-13)29-4/h5-8,10,12H,9,11H2,1-4H3,(H,21,23,26). The molecular formula is C20H23N5O4S. The second-order valence-electron chi connectivity index (χ2n) is 6.93. The van der Waals surface area contributed by atoms with Crippen LogP contribution in [0.1, 0.15) is 18.9 Å². The number of rotatable bonds is 8. The highest BCUT2D eigenvalue weighted by molar-refractivity contribution is 7.15. The minimum absolute atomic E-state index is 0.237. The molecule has 1 aromatic carbocycles. The Morgan fingerprint density at radius 1 is 1.13 bits per heavy atom. The van der Waals surface area contributed by atoms with Crippen molar-refractivity contribution in [2.24, 2.45) is 5.92 Å². The Hall–Kier alpha value is -3.27. The first-order valence-electron chi connectivity index (χ1n) is 9.32. The third kappa shape index (κ3) is 5.20. The van der Waals surface area contributed by atoms with E-state index in [1.807, 2.05) is 0 Å². The minimum atomic E-state index is -0.402. The van der Waals surface area contributed by atoms with Crippen LogP contribution in [0.4, 0.5) is 5.13 Å². The summed E-state index contributed by atoms with van der Waals surface area (Å²) in [4.78, 5) is 24.6. The van der Waals surface area contributed by atoms with Crippen molar-refractivity contribution in [3.05, 3.63) is 45.7 Å². The molecule has 30 heavy (non-hydrogen) atoms. The predicted octanol–water partition coefficient (Wildman–Crippen LogP) is 2.62. The summed E-state index contributed by atoms with van der Waals surface area (Å²) in [6.45, 7) is 3.94. The Bertz CT molecular complexity index is 1090. The number of nitrogens with zero attached hydrogens (tertiary/aromatic N) is 4. The summed E-state index contributed by atoms with van der Waals surface area (Å²) in [5.41, 5.74) is 0.870. The second kappa shape index (κ2) is 9.49. The van der Waals surface area contributed by atoms with Crippen molar-refractivity contribution in [1.29, 1.82) is 0 Å². The maximum atomic E-state index is 12.4. The quantitative estimate of drug-likeness (QED) is 0.586. The van der Waals surface area contributed by atoms with E-state index >= 15 is 0 Å². The predicted molar refractivity (Wildman–Crippen MR) is 114 cm³/mol. The lowest BCUT2D eigenvalue weighted by molar-refractivity contribution is -0.117. The highest BCUT2D eigenvalue weighted by Crippen LogP contribution is 2.31. The van der Waals surface area contributed by atoms with Gasteiger partial charge >= 0.3 is 0 Å². The van der Waals surface area contributed by atoms with E-state index < -0.39 is 5.91 Å². The third-order valence-electron chi connectivity index (χ3n) is 4.14. The smallest absolute Gasteiger partial charge is 0.267 e. The maximum absolute atomic E-state index is 12.4. The molecule has 0 radical (unpaired) electrons. The van der Waals surface area contributed by atoms with Gasteiger partial charge in [-0.2, -0.15) is 5.10 Å². The first kappa shape index (κ1) is 21.4. The number of ether oxygens (including phenoxy) is 2. The number of methoxy groups -OCH3 is 2. The summed E-state index contributed by atoms with van der Waals surface area (Å²) < 4.78 is 11.7. The molecule has 3 rings (SSSR count). The lowest BCUT2D eigenvalue weighted by atomic mass is 10.1. The molecule has 2 heterocycles. The fourth-order valence-electron chi connectivity index (χ4n) is 2.74. The first-order chi connectivity index (χ1) is 14.4. The van der Waals surface area contributed by atoms with Gasteiger partial charge in [-0.1, -0.05) is 25.2 Å². The number of anilines is 1. The van der Waals surface area contributed by atoms with Gasteiger partial charge in [0.15, 0.2) is 11.5 Å². The van der Waals surface area contributed by atoms with E-state index in [1.54, 1.807) is 38.5 Å². The highest BCUT2D eigenvalue weighted by atomic mass is 32.1. The molecule has 0 saturated heterocycles. The number of carbonyl (C=O) groups excluding carboxylic acids is 1. The van der Waals surface area contributed by atoms with Crippen molar-refractivity contribution in [3.8, 4) is 22.8 Å². The number of nitrogens with one attached hydrogen (secondary N) is 1. The summed E-state index contributed by atoms with van der Waals surface area (Å²) in [6.07, 6.45) is 0.794. The topological polar surface area (TPSA) is 108 Å². The molecule has 1 N–H and O–H groups in total. The Morgan fingerprint density at radius 2 is 1.90 bits per heavy atom. The van der Waals surface area contributed by atoms with Gasteiger partial charge in [-0.25, -0.2) is 4.68 Å². The normalized spacial score (nSPS) is 10.8. The van der Waals surface area contributed by atoms with Crippen molar-refractivity contribution in [3.63, 3.8) is 0 Å². The zero-order chi connectivity index (χ0) is 21.7. The molecule has 2 aromatic heterocycles.